The molecule has 0 aliphatic rings. The van der Waals surface area contributed by atoms with Crippen molar-refractivity contribution in [1.82, 2.24) is 4.90 Å². The molecule has 118 valence electrons. The minimum atomic E-state index is -3.98. The molecule has 0 spiro atoms. The molecule has 0 N–H and O–H groups in total. The number of amides is 1. The van der Waals surface area contributed by atoms with Crippen molar-refractivity contribution in [2.75, 3.05) is 20.2 Å². The summed E-state index contributed by atoms with van der Waals surface area (Å²) in [6.07, 6.45) is 0. The third-order valence-corrected chi connectivity index (χ3v) is 4.27. The zero-order valence-corrected chi connectivity index (χ0v) is 14.2. The monoisotopic (exact) mass is 333 g/mol. The van der Waals surface area contributed by atoms with Gasteiger partial charge in [0.2, 0.25) is 0 Å². The minimum absolute atomic E-state index is 0.119. The first kappa shape index (κ1) is 17.8. The zero-order valence-electron chi connectivity index (χ0n) is 12.6. The highest BCUT2D eigenvalue weighted by Gasteiger charge is 2.21. The smallest absolute Gasteiger partial charge is 0.265 e. The molecule has 1 rings (SSSR count). The van der Waals surface area contributed by atoms with Crippen LogP contribution in [0.5, 0.6) is 5.75 Å². The molecule has 0 aliphatic heterocycles. The van der Waals surface area contributed by atoms with E-state index in [2.05, 4.69) is 0 Å². The van der Waals surface area contributed by atoms with E-state index in [1.165, 1.54) is 25.3 Å². The molecule has 0 bridgehead atoms. The normalized spacial score (nSPS) is 11.5. The second kappa shape index (κ2) is 7.13. The molecule has 21 heavy (non-hydrogen) atoms. The van der Waals surface area contributed by atoms with Crippen LogP contribution in [-0.4, -0.2) is 39.4 Å². The largest absolute Gasteiger partial charge is 0.495 e. The molecule has 1 amide bonds. The topological polar surface area (TPSA) is 63.7 Å². The SMILES string of the molecule is CCN(CC(C)C)C(=O)c1ccc(OC)c(S(=O)(=O)Cl)c1. The second-order valence-electron chi connectivity index (χ2n) is 5.04. The Labute approximate surface area is 130 Å². The third kappa shape index (κ3) is 4.61. The molecule has 0 atom stereocenters. The van der Waals surface area contributed by atoms with Crippen molar-refractivity contribution in [3.05, 3.63) is 23.8 Å². The van der Waals surface area contributed by atoms with Gasteiger partial charge in [0.25, 0.3) is 15.0 Å². The van der Waals surface area contributed by atoms with E-state index in [1.54, 1.807) is 4.90 Å². The number of methoxy groups -OCH3 is 1. The summed E-state index contributed by atoms with van der Waals surface area (Å²) in [7, 11) is 2.75. The highest BCUT2D eigenvalue weighted by atomic mass is 35.7. The Morgan fingerprint density at radius 1 is 1.38 bits per heavy atom. The van der Waals surface area contributed by atoms with Crippen LogP contribution in [0.25, 0.3) is 0 Å². The summed E-state index contributed by atoms with van der Waals surface area (Å²) in [5, 5.41) is 0. The highest BCUT2D eigenvalue weighted by Crippen LogP contribution is 2.28. The molecule has 0 fully saturated rings. The zero-order chi connectivity index (χ0) is 16.2. The Balaban J connectivity index is 3.23. The van der Waals surface area contributed by atoms with Crippen LogP contribution >= 0.6 is 10.7 Å². The van der Waals surface area contributed by atoms with E-state index in [0.29, 0.717) is 19.0 Å². The van der Waals surface area contributed by atoms with Crippen LogP contribution in [0.4, 0.5) is 0 Å². The van der Waals surface area contributed by atoms with E-state index >= 15 is 0 Å². The maximum absolute atomic E-state index is 12.4. The van der Waals surface area contributed by atoms with Gasteiger partial charge >= 0.3 is 0 Å². The summed E-state index contributed by atoms with van der Waals surface area (Å²) in [4.78, 5) is 13.9. The maximum Gasteiger partial charge on any atom is 0.265 e. The van der Waals surface area contributed by atoms with Crippen LogP contribution in [0.2, 0.25) is 0 Å². The van der Waals surface area contributed by atoms with Crippen molar-refractivity contribution in [3.8, 4) is 5.75 Å². The van der Waals surface area contributed by atoms with Gasteiger partial charge in [-0.3, -0.25) is 4.79 Å². The maximum atomic E-state index is 12.4. The lowest BCUT2D eigenvalue weighted by atomic mass is 10.1. The Morgan fingerprint density at radius 3 is 2.43 bits per heavy atom. The number of nitrogens with zero attached hydrogens (tertiary/aromatic N) is 1. The van der Waals surface area contributed by atoms with E-state index in [4.69, 9.17) is 15.4 Å². The number of benzene rings is 1. The van der Waals surface area contributed by atoms with Gasteiger partial charge in [0.05, 0.1) is 7.11 Å². The molecule has 7 heteroatoms. The summed E-state index contributed by atoms with van der Waals surface area (Å²) >= 11 is 0. The number of carbonyl (C=O) groups is 1. The number of hydrogen-bond acceptors (Lipinski definition) is 4. The lowest BCUT2D eigenvalue weighted by Crippen LogP contribution is -2.34. The molecule has 0 aliphatic carbocycles. The van der Waals surface area contributed by atoms with E-state index in [1.807, 2.05) is 20.8 Å². The molecular weight excluding hydrogens is 314 g/mol. The first-order valence-corrected chi connectivity index (χ1v) is 8.93. The van der Waals surface area contributed by atoms with Crippen molar-refractivity contribution in [3.63, 3.8) is 0 Å². The Kier molecular flexibility index (Phi) is 6.04. The lowest BCUT2D eigenvalue weighted by molar-refractivity contribution is 0.0745. The molecule has 0 unspecified atom stereocenters. The fraction of sp³-hybridized carbons (Fsp3) is 0.500. The summed E-state index contributed by atoms with van der Waals surface area (Å²) < 4.78 is 28.1. The van der Waals surface area contributed by atoms with Gasteiger partial charge in [-0.1, -0.05) is 13.8 Å². The quantitative estimate of drug-likeness (QED) is 0.751. The van der Waals surface area contributed by atoms with Crippen molar-refractivity contribution < 1.29 is 17.9 Å². The van der Waals surface area contributed by atoms with Gasteiger partial charge in [0, 0.05) is 29.3 Å². The van der Waals surface area contributed by atoms with Gasteiger partial charge < -0.3 is 9.64 Å². The number of rotatable bonds is 6. The summed E-state index contributed by atoms with van der Waals surface area (Å²) in [6.45, 7) is 7.05. The molecule has 5 nitrogen and oxygen atoms in total. The van der Waals surface area contributed by atoms with Crippen LogP contribution < -0.4 is 4.74 Å². The number of halogens is 1. The van der Waals surface area contributed by atoms with Crippen molar-refractivity contribution in [1.29, 1.82) is 0 Å². The molecule has 0 saturated heterocycles. The fourth-order valence-corrected chi connectivity index (χ4v) is 3.00. The molecule has 0 saturated carbocycles. The Morgan fingerprint density at radius 2 is 2.00 bits per heavy atom. The predicted molar refractivity (Wildman–Crippen MR) is 82.4 cm³/mol. The van der Waals surface area contributed by atoms with Gasteiger partial charge in [-0.15, -0.1) is 0 Å². The van der Waals surface area contributed by atoms with Crippen LogP contribution in [0, 0.1) is 5.92 Å². The van der Waals surface area contributed by atoms with Crippen molar-refractivity contribution >= 4 is 25.6 Å². The summed E-state index contributed by atoms with van der Waals surface area (Å²) in [6, 6.07) is 4.23. The van der Waals surface area contributed by atoms with E-state index in [-0.39, 0.29) is 22.1 Å². The molecular formula is C14H20ClNO4S. The highest BCUT2D eigenvalue weighted by molar-refractivity contribution is 8.13. The van der Waals surface area contributed by atoms with Gasteiger partial charge in [0.1, 0.15) is 10.6 Å². The number of hydrogen-bond donors (Lipinski definition) is 0. The number of ether oxygens (including phenoxy) is 1. The predicted octanol–water partition coefficient (Wildman–Crippen LogP) is 2.74. The van der Waals surface area contributed by atoms with Gasteiger partial charge in [-0.05, 0) is 31.0 Å². The number of carbonyl (C=O) groups excluding carboxylic acids is 1. The van der Waals surface area contributed by atoms with E-state index in [9.17, 15) is 13.2 Å². The molecule has 1 aromatic carbocycles. The molecule has 0 radical (unpaired) electrons. The van der Waals surface area contributed by atoms with Gasteiger partial charge in [-0.2, -0.15) is 0 Å². The Bertz CT molecular complexity index is 613. The average molecular weight is 334 g/mol. The first-order valence-electron chi connectivity index (χ1n) is 6.62. The van der Waals surface area contributed by atoms with Crippen molar-refractivity contribution in [2.45, 2.75) is 25.7 Å². The van der Waals surface area contributed by atoms with E-state index < -0.39 is 9.05 Å². The fourth-order valence-electron chi connectivity index (χ4n) is 1.98. The van der Waals surface area contributed by atoms with Crippen LogP contribution in [0.3, 0.4) is 0 Å². The standard InChI is InChI=1S/C14H20ClNO4S/c1-5-16(9-10(2)3)14(17)11-6-7-12(20-4)13(8-11)21(15,18)19/h6-8,10H,5,9H2,1-4H3. The van der Waals surface area contributed by atoms with E-state index in [0.717, 1.165) is 0 Å². The molecule has 0 heterocycles. The lowest BCUT2D eigenvalue weighted by Gasteiger charge is -2.23. The molecule has 1 aromatic rings. The van der Waals surface area contributed by atoms with Crippen LogP contribution in [0.1, 0.15) is 31.1 Å². The van der Waals surface area contributed by atoms with Gasteiger partial charge in [-0.25, -0.2) is 8.42 Å². The van der Waals surface area contributed by atoms with Gasteiger partial charge in [0.15, 0.2) is 0 Å². The van der Waals surface area contributed by atoms with Crippen LogP contribution in [-0.2, 0) is 9.05 Å². The summed E-state index contributed by atoms with van der Waals surface area (Å²) in [5.74, 6) is 0.215. The molecule has 0 aromatic heterocycles. The minimum Gasteiger partial charge on any atom is -0.495 e. The van der Waals surface area contributed by atoms with Crippen molar-refractivity contribution in [2.24, 2.45) is 5.92 Å². The summed E-state index contributed by atoms with van der Waals surface area (Å²) in [5.41, 5.74) is 0.275. The first-order chi connectivity index (χ1) is 9.70. The van der Waals surface area contributed by atoms with Crippen LogP contribution in [0.15, 0.2) is 23.1 Å². The third-order valence-electron chi connectivity index (χ3n) is 2.93. The Hall–Kier alpha value is -1.27. The second-order valence-corrected chi connectivity index (χ2v) is 7.58. The average Bonchev–Trinajstić information content (AvgIpc) is 2.42.